The number of hydrogen-bond donors (Lipinski definition) is 1. The van der Waals surface area contributed by atoms with Crippen LogP contribution in [0.3, 0.4) is 0 Å². The van der Waals surface area contributed by atoms with Crippen molar-refractivity contribution in [1.82, 2.24) is 4.90 Å². The van der Waals surface area contributed by atoms with Gasteiger partial charge in [-0.15, -0.1) is 0 Å². The van der Waals surface area contributed by atoms with Gasteiger partial charge in [0.15, 0.2) is 0 Å². The summed E-state index contributed by atoms with van der Waals surface area (Å²) >= 11 is 0. The molecular weight excluding hydrogens is 269 g/mol. The topological polar surface area (TPSA) is 46.3 Å². The lowest BCUT2D eigenvalue weighted by Gasteiger charge is -2.35. The molecule has 1 amide bonds. The second kappa shape index (κ2) is 5.44. The van der Waals surface area contributed by atoms with E-state index in [1.165, 1.54) is 12.1 Å². The molecular formula is C14H17F3N2O. The number of piperidine rings is 1. The normalized spacial score (nSPS) is 23.8. The third-order valence-electron chi connectivity index (χ3n) is 3.70. The molecule has 6 heteroatoms. The van der Waals surface area contributed by atoms with Crippen molar-refractivity contribution in [3.05, 3.63) is 35.4 Å². The molecule has 1 aromatic carbocycles. The summed E-state index contributed by atoms with van der Waals surface area (Å²) in [5.74, 6) is -0.214. The number of benzene rings is 1. The molecule has 1 heterocycles. The summed E-state index contributed by atoms with van der Waals surface area (Å²) in [5.41, 5.74) is 5.14. The van der Waals surface area contributed by atoms with Gasteiger partial charge in [0.2, 0.25) is 0 Å². The van der Waals surface area contributed by atoms with Crippen molar-refractivity contribution in [2.24, 2.45) is 11.7 Å². The molecule has 2 N–H and O–H groups in total. The molecule has 0 aliphatic carbocycles. The first kappa shape index (κ1) is 14.8. The average Bonchev–Trinajstić information content (AvgIpc) is 2.40. The summed E-state index contributed by atoms with van der Waals surface area (Å²) in [7, 11) is 0. The van der Waals surface area contributed by atoms with Gasteiger partial charge in [-0.2, -0.15) is 13.2 Å². The summed E-state index contributed by atoms with van der Waals surface area (Å²) in [6.07, 6.45) is -3.76. The Hall–Kier alpha value is -1.56. The van der Waals surface area contributed by atoms with Gasteiger partial charge in [0.05, 0.1) is 5.56 Å². The van der Waals surface area contributed by atoms with Crippen LogP contribution in [0, 0.1) is 5.92 Å². The maximum Gasteiger partial charge on any atom is 0.416 e. The van der Waals surface area contributed by atoms with Crippen LogP contribution in [0.4, 0.5) is 13.2 Å². The second-order valence-corrected chi connectivity index (χ2v) is 5.26. The summed E-state index contributed by atoms with van der Waals surface area (Å²) in [4.78, 5) is 13.8. The van der Waals surface area contributed by atoms with Gasteiger partial charge in [0.25, 0.3) is 5.91 Å². The molecule has 1 aliphatic heterocycles. The van der Waals surface area contributed by atoms with Crippen molar-refractivity contribution < 1.29 is 18.0 Å². The van der Waals surface area contributed by atoms with Gasteiger partial charge in [0, 0.05) is 24.7 Å². The van der Waals surface area contributed by atoms with Crippen LogP contribution in [0.1, 0.15) is 29.3 Å². The number of nitrogens with two attached hydrogens (primary N) is 1. The van der Waals surface area contributed by atoms with Crippen molar-refractivity contribution >= 4 is 5.91 Å². The van der Waals surface area contributed by atoms with E-state index in [9.17, 15) is 18.0 Å². The number of alkyl halides is 3. The van der Waals surface area contributed by atoms with Crippen LogP contribution in [-0.4, -0.2) is 29.9 Å². The lowest BCUT2D eigenvalue weighted by molar-refractivity contribution is -0.137. The van der Waals surface area contributed by atoms with E-state index in [1.54, 1.807) is 4.90 Å². The van der Waals surface area contributed by atoms with E-state index in [0.29, 0.717) is 19.5 Å². The van der Waals surface area contributed by atoms with Crippen molar-refractivity contribution in [2.75, 3.05) is 13.1 Å². The molecule has 1 aliphatic rings. The molecule has 0 radical (unpaired) electrons. The highest BCUT2D eigenvalue weighted by Gasteiger charge is 2.32. The zero-order valence-corrected chi connectivity index (χ0v) is 11.2. The first-order valence-corrected chi connectivity index (χ1v) is 6.51. The number of likely N-dealkylation sites (tertiary alicyclic amines) is 1. The average molecular weight is 286 g/mol. The molecule has 2 unspecified atom stereocenters. The highest BCUT2D eigenvalue weighted by Crippen LogP contribution is 2.30. The Balaban J connectivity index is 2.17. The van der Waals surface area contributed by atoms with Crippen LogP contribution in [0.2, 0.25) is 0 Å². The summed E-state index contributed by atoms with van der Waals surface area (Å²) < 4.78 is 37.9. The van der Waals surface area contributed by atoms with E-state index >= 15 is 0 Å². The summed E-state index contributed by atoms with van der Waals surface area (Å²) in [5, 5.41) is 0. The zero-order chi connectivity index (χ0) is 14.9. The number of nitrogens with zero attached hydrogens (tertiary/aromatic N) is 1. The van der Waals surface area contributed by atoms with Crippen LogP contribution in [0.5, 0.6) is 0 Å². The third kappa shape index (κ3) is 3.12. The van der Waals surface area contributed by atoms with Gasteiger partial charge in [-0.05, 0) is 30.5 Å². The summed E-state index contributed by atoms with van der Waals surface area (Å²) in [6.45, 7) is 2.91. The Kier molecular flexibility index (Phi) is 4.04. The number of carbonyl (C=O) groups excluding carboxylic acids is 1. The Morgan fingerprint density at radius 1 is 1.40 bits per heavy atom. The summed E-state index contributed by atoms with van der Waals surface area (Å²) in [6, 6.07) is 4.58. The van der Waals surface area contributed by atoms with Crippen molar-refractivity contribution in [1.29, 1.82) is 0 Å². The smallest absolute Gasteiger partial charge is 0.338 e. The standard InChI is InChI=1S/C14H17F3N2O/c1-9-8-19(6-5-12(9)18)13(20)10-3-2-4-11(7-10)14(15,16)17/h2-4,7,9,12H,5-6,8,18H2,1H3. The van der Waals surface area contributed by atoms with E-state index in [-0.39, 0.29) is 23.4 Å². The zero-order valence-electron chi connectivity index (χ0n) is 11.2. The Morgan fingerprint density at radius 2 is 2.10 bits per heavy atom. The third-order valence-corrected chi connectivity index (χ3v) is 3.70. The fraction of sp³-hybridized carbons (Fsp3) is 0.500. The molecule has 1 saturated heterocycles. The maximum absolute atomic E-state index is 12.6. The SMILES string of the molecule is CC1CN(C(=O)c2cccc(C(F)(F)F)c2)CCC1N. The van der Waals surface area contributed by atoms with Crippen molar-refractivity contribution in [2.45, 2.75) is 25.6 Å². The van der Waals surface area contributed by atoms with Gasteiger partial charge < -0.3 is 10.6 Å². The molecule has 110 valence electrons. The predicted molar refractivity (Wildman–Crippen MR) is 69.1 cm³/mol. The molecule has 0 spiro atoms. The number of halogens is 3. The second-order valence-electron chi connectivity index (χ2n) is 5.26. The van der Waals surface area contributed by atoms with E-state index in [0.717, 1.165) is 12.1 Å². The van der Waals surface area contributed by atoms with Gasteiger partial charge in [-0.1, -0.05) is 13.0 Å². The van der Waals surface area contributed by atoms with Crippen LogP contribution in [0.15, 0.2) is 24.3 Å². The van der Waals surface area contributed by atoms with Crippen LogP contribution >= 0.6 is 0 Å². The molecule has 3 nitrogen and oxygen atoms in total. The maximum atomic E-state index is 12.6. The lowest BCUT2D eigenvalue weighted by atomic mass is 9.94. The van der Waals surface area contributed by atoms with Crippen molar-refractivity contribution in [3.63, 3.8) is 0 Å². The van der Waals surface area contributed by atoms with Crippen LogP contribution in [-0.2, 0) is 6.18 Å². The first-order valence-electron chi connectivity index (χ1n) is 6.51. The number of carbonyl (C=O) groups is 1. The van der Waals surface area contributed by atoms with Gasteiger partial charge >= 0.3 is 6.18 Å². The fourth-order valence-electron chi connectivity index (χ4n) is 2.36. The molecule has 1 aromatic rings. The number of amides is 1. The predicted octanol–water partition coefficient (Wildman–Crippen LogP) is 2.51. The van der Waals surface area contributed by atoms with Crippen LogP contribution < -0.4 is 5.73 Å². The molecule has 1 fully saturated rings. The molecule has 0 aromatic heterocycles. The van der Waals surface area contributed by atoms with Crippen LogP contribution in [0.25, 0.3) is 0 Å². The van der Waals surface area contributed by atoms with E-state index in [4.69, 9.17) is 5.73 Å². The Bertz CT molecular complexity index is 501. The Morgan fingerprint density at radius 3 is 2.70 bits per heavy atom. The monoisotopic (exact) mass is 286 g/mol. The minimum absolute atomic E-state index is 0.0422. The fourth-order valence-corrected chi connectivity index (χ4v) is 2.36. The minimum atomic E-state index is -4.44. The number of hydrogen-bond acceptors (Lipinski definition) is 2. The number of rotatable bonds is 1. The van der Waals surface area contributed by atoms with Gasteiger partial charge in [-0.25, -0.2) is 0 Å². The molecule has 0 saturated carbocycles. The van der Waals surface area contributed by atoms with Gasteiger partial charge in [0.1, 0.15) is 0 Å². The molecule has 2 rings (SSSR count). The van der Waals surface area contributed by atoms with Crippen molar-refractivity contribution in [3.8, 4) is 0 Å². The first-order chi connectivity index (χ1) is 9.29. The lowest BCUT2D eigenvalue weighted by Crippen LogP contribution is -2.48. The quantitative estimate of drug-likeness (QED) is 0.862. The van der Waals surface area contributed by atoms with Gasteiger partial charge in [-0.3, -0.25) is 4.79 Å². The molecule has 0 bridgehead atoms. The highest BCUT2D eigenvalue weighted by atomic mass is 19.4. The molecule has 2 atom stereocenters. The minimum Gasteiger partial charge on any atom is -0.338 e. The largest absolute Gasteiger partial charge is 0.416 e. The molecule has 20 heavy (non-hydrogen) atoms. The van der Waals surface area contributed by atoms with E-state index in [1.807, 2.05) is 6.92 Å². The van der Waals surface area contributed by atoms with E-state index in [2.05, 4.69) is 0 Å². The Labute approximate surface area is 115 Å². The highest BCUT2D eigenvalue weighted by molar-refractivity contribution is 5.94. The van der Waals surface area contributed by atoms with E-state index < -0.39 is 11.7 Å².